The van der Waals surface area contributed by atoms with E-state index in [2.05, 4.69) is 40.2 Å². The van der Waals surface area contributed by atoms with Crippen LogP contribution in [0.1, 0.15) is 19.8 Å². The Hall–Kier alpha value is -2.82. The Bertz CT molecular complexity index is 1320. The van der Waals surface area contributed by atoms with Gasteiger partial charge in [0.25, 0.3) is 0 Å². The SMILES string of the molecule is C[C@H]1C[C@H](N(C)c2nc3sc(-c4ncc(-n5ccnc5)c5cc[nH]c45)nc3s2)CCN1. The second-order valence-electron chi connectivity index (χ2n) is 8.00. The molecule has 6 heterocycles. The second kappa shape index (κ2) is 7.40. The van der Waals surface area contributed by atoms with Crippen LogP contribution in [0.25, 0.3) is 37.0 Å². The maximum absolute atomic E-state index is 4.91. The number of rotatable bonds is 4. The molecule has 0 aromatic carbocycles. The molecule has 5 aromatic rings. The highest BCUT2D eigenvalue weighted by Gasteiger charge is 2.25. The van der Waals surface area contributed by atoms with Crippen LogP contribution in [0.2, 0.25) is 0 Å². The van der Waals surface area contributed by atoms with E-state index in [9.17, 15) is 0 Å². The van der Waals surface area contributed by atoms with Crippen molar-refractivity contribution >= 4 is 48.4 Å². The molecule has 8 nitrogen and oxygen atoms in total. The van der Waals surface area contributed by atoms with Gasteiger partial charge < -0.3 is 19.8 Å². The Kier molecular flexibility index (Phi) is 4.51. The minimum atomic E-state index is 0.520. The summed E-state index contributed by atoms with van der Waals surface area (Å²) < 4.78 is 1.97. The highest BCUT2D eigenvalue weighted by atomic mass is 32.1. The van der Waals surface area contributed by atoms with Crippen molar-refractivity contribution in [2.45, 2.75) is 31.8 Å². The first-order valence-electron chi connectivity index (χ1n) is 10.4. The van der Waals surface area contributed by atoms with Gasteiger partial charge >= 0.3 is 0 Å². The highest BCUT2D eigenvalue weighted by Crippen LogP contribution is 2.38. The number of piperidine rings is 1. The van der Waals surface area contributed by atoms with Crippen LogP contribution in [0.4, 0.5) is 5.13 Å². The van der Waals surface area contributed by atoms with Crippen LogP contribution in [0, 0.1) is 0 Å². The average Bonchev–Trinajstić information content (AvgIpc) is 3.56. The summed E-state index contributed by atoms with van der Waals surface area (Å²) in [6.45, 7) is 3.31. The van der Waals surface area contributed by atoms with Gasteiger partial charge in [-0.1, -0.05) is 22.7 Å². The topological polar surface area (TPSA) is 87.6 Å². The number of anilines is 1. The number of nitrogens with one attached hydrogen (secondary N) is 2. The Morgan fingerprint density at radius 3 is 2.94 bits per heavy atom. The second-order valence-corrected chi connectivity index (χ2v) is 9.93. The Morgan fingerprint density at radius 2 is 2.13 bits per heavy atom. The van der Waals surface area contributed by atoms with Crippen LogP contribution in [-0.4, -0.2) is 55.2 Å². The standard InChI is InChI=1S/C21H22N8S2/c1-12-9-13(3-5-23-12)28(2)21-27-20-19(31-21)26-18(30-20)17-16-14(4-6-24-16)15(10-25-17)29-8-7-22-11-29/h4,6-8,10-13,23-24H,3,5,9H2,1-2H3/t12-,13+/m0/s1. The average molecular weight is 451 g/mol. The third-order valence-corrected chi connectivity index (χ3v) is 8.10. The summed E-state index contributed by atoms with van der Waals surface area (Å²) in [5.41, 5.74) is 2.84. The molecular formula is C21H22N8S2. The van der Waals surface area contributed by atoms with E-state index in [1.54, 1.807) is 35.2 Å². The van der Waals surface area contributed by atoms with Crippen molar-refractivity contribution in [2.75, 3.05) is 18.5 Å². The predicted octanol–water partition coefficient (Wildman–Crippen LogP) is 4.06. The van der Waals surface area contributed by atoms with Gasteiger partial charge in [-0.3, -0.25) is 0 Å². The summed E-state index contributed by atoms with van der Waals surface area (Å²) in [4.78, 5) is 26.3. The van der Waals surface area contributed by atoms with Crippen LogP contribution >= 0.6 is 22.7 Å². The fourth-order valence-corrected chi connectivity index (χ4v) is 6.38. The van der Waals surface area contributed by atoms with E-state index in [0.717, 1.165) is 61.5 Å². The maximum Gasteiger partial charge on any atom is 0.188 e. The zero-order valence-electron chi connectivity index (χ0n) is 17.2. The molecule has 1 saturated heterocycles. The summed E-state index contributed by atoms with van der Waals surface area (Å²) in [6, 6.07) is 3.13. The Morgan fingerprint density at radius 1 is 1.23 bits per heavy atom. The molecule has 1 aliphatic heterocycles. The van der Waals surface area contributed by atoms with Crippen molar-refractivity contribution in [1.29, 1.82) is 0 Å². The third kappa shape index (κ3) is 3.22. The van der Waals surface area contributed by atoms with Crippen LogP contribution < -0.4 is 10.2 Å². The van der Waals surface area contributed by atoms with E-state index in [0.29, 0.717) is 12.1 Å². The Labute approximate surface area is 187 Å². The van der Waals surface area contributed by atoms with E-state index in [1.807, 2.05) is 23.2 Å². The molecule has 158 valence electrons. The number of pyridine rings is 1. The fourth-order valence-electron chi connectivity index (χ4n) is 4.31. The molecular weight excluding hydrogens is 428 g/mol. The quantitative estimate of drug-likeness (QED) is 0.429. The first kappa shape index (κ1) is 18.9. The predicted molar refractivity (Wildman–Crippen MR) is 126 cm³/mol. The summed E-state index contributed by atoms with van der Waals surface area (Å²) in [7, 11) is 2.16. The number of H-pyrrole nitrogens is 1. The summed E-state index contributed by atoms with van der Waals surface area (Å²) >= 11 is 3.27. The van der Waals surface area contributed by atoms with Crippen LogP contribution in [0.5, 0.6) is 0 Å². The lowest BCUT2D eigenvalue weighted by Crippen LogP contribution is -2.45. The number of fused-ring (bicyclic) bond motifs is 2. The first-order chi connectivity index (χ1) is 15.2. The van der Waals surface area contributed by atoms with Crippen LogP contribution in [0.15, 0.2) is 37.2 Å². The number of hydrogen-bond donors (Lipinski definition) is 2. The summed E-state index contributed by atoms with van der Waals surface area (Å²) in [5.74, 6) is 0. The summed E-state index contributed by atoms with van der Waals surface area (Å²) in [6.07, 6.45) is 11.6. The molecule has 0 radical (unpaired) electrons. The van der Waals surface area contributed by atoms with Crippen LogP contribution in [-0.2, 0) is 0 Å². The van der Waals surface area contributed by atoms with Crippen molar-refractivity contribution in [2.24, 2.45) is 0 Å². The molecule has 0 aliphatic carbocycles. The number of nitrogens with zero attached hydrogens (tertiary/aromatic N) is 6. The maximum atomic E-state index is 4.91. The van der Waals surface area contributed by atoms with Crippen molar-refractivity contribution in [3.8, 4) is 16.4 Å². The van der Waals surface area contributed by atoms with Gasteiger partial charge in [0, 0.05) is 43.1 Å². The smallest absolute Gasteiger partial charge is 0.188 e. The number of thiazole rings is 2. The fraction of sp³-hybridized carbons (Fsp3) is 0.333. The van der Waals surface area contributed by atoms with E-state index in [1.165, 1.54) is 0 Å². The van der Waals surface area contributed by atoms with E-state index in [4.69, 9.17) is 15.0 Å². The lowest BCUT2D eigenvalue weighted by Gasteiger charge is -2.34. The molecule has 2 N–H and O–H groups in total. The zero-order chi connectivity index (χ0) is 20.9. The van der Waals surface area contributed by atoms with Gasteiger partial charge in [-0.2, -0.15) is 0 Å². The zero-order valence-corrected chi connectivity index (χ0v) is 18.9. The molecule has 0 unspecified atom stereocenters. The van der Waals surface area contributed by atoms with E-state index in [-0.39, 0.29) is 0 Å². The largest absolute Gasteiger partial charge is 0.359 e. The van der Waals surface area contributed by atoms with Crippen molar-refractivity contribution in [3.63, 3.8) is 0 Å². The van der Waals surface area contributed by atoms with Gasteiger partial charge in [-0.25, -0.2) is 19.9 Å². The minimum absolute atomic E-state index is 0.520. The first-order valence-corrected chi connectivity index (χ1v) is 12.0. The Balaban J connectivity index is 1.34. The molecule has 6 rings (SSSR count). The van der Waals surface area contributed by atoms with Gasteiger partial charge in [0.15, 0.2) is 14.8 Å². The van der Waals surface area contributed by atoms with Gasteiger partial charge in [0.05, 0.1) is 23.7 Å². The number of aromatic amines is 1. The molecule has 31 heavy (non-hydrogen) atoms. The van der Waals surface area contributed by atoms with Crippen molar-refractivity contribution in [3.05, 3.63) is 37.2 Å². The molecule has 0 spiro atoms. The van der Waals surface area contributed by atoms with Gasteiger partial charge in [-0.05, 0) is 32.4 Å². The highest BCUT2D eigenvalue weighted by molar-refractivity contribution is 7.29. The molecule has 1 fully saturated rings. The van der Waals surface area contributed by atoms with Gasteiger partial charge in [-0.15, -0.1) is 0 Å². The molecule has 5 aromatic heterocycles. The van der Waals surface area contributed by atoms with Gasteiger partial charge in [0.1, 0.15) is 10.7 Å². The third-order valence-electron chi connectivity index (χ3n) is 5.97. The van der Waals surface area contributed by atoms with Gasteiger partial charge in [0.2, 0.25) is 0 Å². The molecule has 10 heteroatoms. The van der Waals surface area contributed by atoms with Crippen LogP contribution in [0.3, 0.4) is 0 Å². The normalized spacial score (nSPS) is 19.4. The molecule has 0 amide bonds. The summed E-state index contributed by atoms with van der Waals surface area (Å²) in [5, 5.41) is 6.56. The molecule has 1 aliphatic rings. The van der Waals surface area contributed by atoms with Crippen molar-refractivity contribution in [1.82, 2.24) is 34.8 Å². The number of imidazole rings is 1. The van der Waals surface area contributed by atoms with E-state index < -0.39 is 0 Å². The molecule has 0 saturated carbocycles. The van der Waals surface area contributed by atoms with Crippen molar-refractivity contribution < 1.29 is 0 Å². The number of hydrogen-bond acceptors (Lipinski definition) is 8. The number of aromatic nitrogens is 6. The minimum Gasteiger partial charge on any atom is -0.359 e. The van der Waals surface area contributed by atoms with E-state index >= 15 is 0 Å². The molecule has 2 atom stereocenters. The lowest BCUT2D eigenvalue weighted by molar-refractivity contribution is 0.371. The lowest BCUT2D eigenvalue weighted by atomic mass is 10.00. The molecule has 0 bridgehead atoms. The monoisotopic (exact) mass is 450 g/mol.